The third-order valence-electron chi connectivity index (χ3n) is 4.05. The van der Waals surface area contributed by atoms with Crippen LogP contribution in [0.4, 0.5) is 0 Å². The van der Waals surface area contributed by atoms with E-state index in [-0.39, 0.29) is 6.04 Å². The summed E-state index contributed by atoms with van der Waals surface area (Å²) in [5.41, 5.74) is 8.68. The predicted molar refractivity (Wildman–Crippen MR) is 92.2 cm³/mol. The summed E-state index contributed by atoms with van der Waals surface area (Å²) in [6, 6.07) is 7.04. The van der Waals surface area contributed by atoms with Crippen molar-refractivity contribution >= 4 is 0 Å². The molecule has 0 aliphatic heterocycles. The third-order valence-corrected chi connectivity index (χ3v) is 4.05. The molecule has 0 amide bonds. The number of nitrogens with two attached hydrogens (primary N) is 1. The fourth-order valence-corrected chi connectivity index (χ4v) is 2.69. The molecule has 1 rings (SSSR count). The highest BCUT2D eigenvalue weighted by molar-refractivity contribution is 5.40. The zero-order chi connectivity index (χ0) is 15.8. The number of benzene rings is 1. The minimum Gasteiger partial charge on any atom is -0.493 e. The fourth-order valence-electron chi connectivity index (χ4n) is 2.69. The molecule has 0 heterocycles. The average Bonchev–Trinajstić information content (AvgIpc) is 2.45. The monoisotopic (exact) mass is 291 g/mol. The standard InChI is InChI=1S/C19H33NO/c1-6-12-21-19-11-10-17(13-18(19)14(3)4)16(7-2)9-8-15(5)20/h10-11,13-16H,6-9,12,20H2,1-5H3. The Labute approximate surface area is 131 Å². The van der Waals surface area contributed by atoms with Crippen molar-refractivity contribution in [3.8, 4) is 5.75 Å². The van der Waals surface area contributed by atoms with E-state index in [2.05, 4.69) is 52.8 Å². The molecule has 21 heavy (non-hydrogen) atoms. The molecule has 2 heteroatoms. The second-order valence-electron chi connectivity index (χ2n) is 6.46. The minimum atomic E-state index is 0.288. The van der Waals surface area contributed by atoms with Crippen LogP contribution in [0.15, 0.2) is 18.2 Å². The molecule has 0 spiro atoms. The lowest BCUT2D eigenvalue weighted by atomic mass is 9.88. The van der Waals surface area contributed by atoms with E-state index in [9.17, 15) is 0 Å². The smallest absolute Gasteiger partial charge is 0.122 e. The van der Waals surface area contributed by atoms with Crippen molar-refractivity contribution in [2.45, 2.75) is 78.2 Å². The highest BCUT2D eigenvalue weighted by Crippen LogP contribution is 2.33. The summed E-state index contributed by atoms with van der Waals surface area (Å²) < 4.78 is 5.89. The molecule has 1 aromatic rings. The van der Waals surface area contributed by atoms with Crippen molar-refractivity contribution in [2.75, 3.05) is 6.61 Å². The van der Waals surface area contributed by atoms with Crippen LogP contribution in [-0.4, -0.2) is 12.6 Å². The number of hydrogen-bond acceptors (Lipinski definition) is 2. The number of rotatable bonds is 9. The molecule has 2 N–H and O–H groups in total. The van der Waals surface area contributed by atoms with Crippen molar-refractivity contribution < 1.29 is 4.74 Å². The molecule has 2 unspecified atom stereocenters. The lowest BCUT2D eigenvalue weighted by Gasteiger charge is -2.20. The zero-order valence-corrected chi connectivity index (χ0v) is 14.5. The summed E-state index contributed by atoms with van der Waals surface area (Å²) in [5, 5.41) is 0. The summed E-state index contributed by atoms with van der Waals surface area (Å²) in [6.07, 6.45) is 4.47. The number of hydrogen-bond donors (Lipinski definition) is 1. The van der Waals surface area contributed by atoms with Crippen LogP contribution in [0.2, 0.25) is 0 Å². The van der Waals surface area contributed by atoms with Crippen LogP contribution in [0, 0.1) is 0 Å². The summed E-state index contributed by atoms with van der Waals surface area (Å²) in [7, 11) is 0. The molecule has 2 atom stereocenters. The summed E-state index contributed by atoms with van der Waals surface area (Å²) in [4.78, 5) is 0. The SMILES string of the molecule is CCCOc1ccc(C(CC)CCC(C)N)cc1C(C)C. The van der Waals surface area contributed by atoms with Crippen LogP contribution in [-0.2, 0) is 0 Å². The van der Waals surface area contributed by atoms with Gasteiger partial charge in [-0.05, 0) is 61.6 Å². The molecular formula is C19H33NO. The van der Waals surface area contributed by atoms with Gasteiger partial charge in [0.2, 0.25) is 0 Å². The van der Waals surface area contributed by atoms with Gasteiger partial charge in [-0.25, -0.2) is 0 Å². The zero-order valence-electron chi connectivity index (χ0n) is 14.5. The Morgan fingerprint density at radius 3 is 2.33 bits per heavy atom. The van der Waals surface area contributed by atoms with Crippen LogP contribution >= 0.6 is 0 Å². The first-order valence-corrected chi connectivity index (χ1v) is 8.51. The summed E-state index contributed by atoms with van der Waals surface area (Å²) in [6.45, 7) is 11.8. The van der Waals surface area contributed by atoms with E-state index in [4.69, 9.17) is 10.5 Å². The molecule has 2 nitrogen and oxygen atoms in total. The Balaban J connectivity index is 2.94. The van der Waals surface area contributed by atoms with E-state index in [0.717, 1.165) is 25.2 Å². The maximum absolute atomic E-state index is 5.91. The molecule has 0 bridgehead atoms. The Bertz CT molecular complexity index is 412. The second kappa shape index (κ2) is 9.09. The van der Waals surface area contributed by atoms with Gasteiger partial charge in [-0.15, -0.1) is 0 Å². The summed E-state index contributed by atoms with van der Waals surface area (Å²) >= 11 is 0. The van der Waals surface area contributed by atoms with E-state index in [1.807, 2.05) is 0 Å². The van der Waals surface area contributed by atoms with Crippen LogP contribution in [0.25, 0.3) is 0 Å². The second-order valence-corrected chi connectivity index (χ2v) is 6.46. The van der Waals surface area contributed by atoms with Crippen molar-refractivity contribution in [3.63, 3.8) is 0 Å². The van der Waals surface area contributed by atoms with Crippen molar-refractivity contribution in [1.82, 2.24) is 0 Å². The van der Waals surface area contributed by atoms with Gasteiger partial charge in [0.05, 0.1) is 6.61 Å². The maximum atomic E-state index is 5.91. The first-order chi connectivity index (χ1) is 9.99. The molecule has 0 aliphatic rings. The molecule has 0 radical (unpaired) electrons. The summed E-state index contributed by atoms with van der Waals surface area (Å²) in [5.74, 6) is 2.15. The van der Waals surface area contributed by atoms with Crippen LogP contribution in [0.1, 0.15) is 83.3 Å². The van der Waals surface area contributed by atoms with Gasteiger partial charge in [-0.1, -0.05) is 39.8 Å². The molecule has 0 saturated heterocycles. The van der Waals surface area contributed by atoms with Gasteiger partial charge in [0.15, 0.2) is 0 Å². The quantitative estimate of drug-likeness (QED) is 0.677. The highest BCUT2D eigenvalue weighted by atomic mass is 16.5. The van der Waals surface area contributed by atoms with Crippen LogP contribution in [0.3, 0.4) is 0 Å². The molecule has 0 aliphatic carbocycles. The lowest BCUT2D eigenvalue weighted by Crippen LogP contribution is -2.15. The first kappa shape index (κ1) is 18.0. The molecule has 0 aromatic heterocycles. The Morgan fingerprint density at radius 1 is 1.10 bits per heavy atom. The van der Waals surface area contributed by atoms with Crippen molar-refractivity contribution in [3.05, 3.63) is 29.3 Å². The third kappa shape index (κ3) is 5.70. The fraction of sp³-hybridized carbons (Fsp3) is 0.684. The van der Waals surface area contributed by atoms with E-state index in [0.29, 0.717) is 11.8 Å². The first-order valence-electron chi connectivity index (χ1n) is 8.51. The van der Waals surface area contributed by atoms with Gasteiger partial charge >= 0.3 is 0 Å². The van der Waals surface area contributed by atoms with Gasteiger partial charge in [0.1, 0.15) is 5.75 Å². The van der Waals surface area contributed by atoms with Gasteiger partial charge in [-0.3, -0.25) is 0 Å². The Hall–Kier alpha value is -1.02. The van der Waals surface area contributed by atoms with E-state index < -0.39 is 0 Å². The molecule has 0 saturated carbocycles. The lowest BCUT2D eigenvalue weighted by molar-refractivity contribution is 0.313. The predicted octanol–water partition coefficient (Wildman–Crippen LogP) is 5.22. The minimum absolute atomic E-state index is 0.288. The van der Waals surface area contributed by atoms with Crippen molar-refractivity contribution in [1.29, 1.82) is 0 Å². The molecular weight excluding hydrogens is 258 g/mol. The van der Waals surface area contributed by atoms with Gasteiger partial charge in [0.25, 0.3) is 0 Å². The van der Waals surface area contributed by atoms with Crippen molar-refractivity contribution in [2.24, 2.45) is 5.73 Å². The van der Waals surface area contributed by atoms with Crippen LogP contribution in [0.5, 0.6) is 5.75 Å². The van der Waals surface area contributed by atoms with Crippen LogP contribution < -0.4 is 10.5 Å². The van der Waals surface area contributed by atoms with Gasteiger partial charge in [0, 0.05) is 6.04 Å². The maximum Gasteiger partial charge on any atom is 0.122 e. The van der Waals surface area contributed by atoms with Gasteiger partial charge in [-0.2, -0.15) is 0 Å². The average molecular weight is 291 g/mol. The Kier molecular flexibility index (Phi) is 7.81. The van der Waals surface area contributed by atoms with E-state index in [1.165, 1.54) is 24.0 Å². The molecule has 120 valence electrons. The molecule has 1 aromatic carbocycles. The number of ether oxygens (including phenoxy) is 1. The Morgan fingerprint density at radius 2 is 1.81 bits per heavy atom. The molecule has 0 fully saturated rings. The highest BCUT2D eigenvalue weighted by Gasteiger charge is 2.15. The van der Waals surface area contributed by atoms with Gasteiger partial charge < -0.3 is 10.5 Å². The van der Waals surface area contributed by atoms with E-state index >= 15 is 0 Å². The largest absolute Gasteiger partial charge is 0.493 e. The topological polar surface area (TPSA) is 35.2 Å². The van der Waals surface area contributed by atoms with E-state index in [1.54, 1.807) is 0 Å². The normalized spacial score (nSPS) is 14.2.